The number of carbonyl (C=O) groups excluding carboxylic acids is 2. The zero-order valence-corrected chi connectivity index (χ0v) is 14.3. The van der Waals surface area contributed by atoms with Crippen LogP contribution in [0.25, 0.3) is 11.0 Å². The van der Waals surface area contributed by atoms with Gasteiger partial charge in [-0.25, -0.2) is 0 Å². The average molecular weight is 337 g/mol. The molecule has 0 saturated carbocycles. The lowest BCUT2D eigenvalue weighted by Crippen LogP contribution is -2.19. The van der Waals surface area contributed by atoms with Gasteiger partial charge in [0, 0.05) is 16.9 Å². The summed E-state index contributed by atoms with van der Waals surface area (Å²) >= 11 is 0. The van der Waals surface area contributed by atoms with E-state index in [4.69, 9.17) is 9.15 Å². The molecule has 1 amide bonds. The Balaban J connectivity index is 2.07. The molecular weight excluding hydrogens is 318 g/mol. The number of furan rings is 1. The molecular formula is C20H19NO4. The number of ketones is 1. The SMILES string of the molecule is COc1ccc(C(=O)c2oc3ccccc3c2NC(=O)C(C)C)cc1. The van der Waals surface area contributed by atoms with Crippen molar-refractivity contribution in [2.75, 3.05) is 12.4 Å². The number of rotatable bonds is 5. The Labute approximate surface area is 145 Å². The van der Waals surface area contributed by atoms with Crippen molar-refractivity contribution in [1.82, 2.24) is 0 Å². The highest BCUT2D eigenvalue weighted by Crippen LogP contribution is 2.33. The predicted molar refractivity (Wildman–Crippen MR) is 96.1 cm³/mol. The fourth-order valence-electron chi connectivity index (χ4n) is 2.47. The number of amides is 1. The summed E-state index contributed by atoms with van der Waals surface area (Å²) in [6, 6.07) is 14.0. The first kappa shape index (κ1) is 16.8. The Hall–Kier alpha value is -3.08. The van der Waals surface area contributed by atoms with E-state index in [1.54, 1.807) is 51.3 Å². The van der Waals surface area contributed by atoms with E-state index in [0.29, 0.717) is 28.0 Å². The Morgan fingerprint density at radius 1 is 1.04 bits per heavy atom. The fraction of sp³-hybridized carbons (Fsp3) is 0.200. The largest absolute Gasteiger partial charge is 0.497 e. The van der Waals surface area contributed by atoms with E-state index in [-0.39, 0.29) is 23.4 Å². The predicted octanol–water partition coefficient (Wildman–Crippen LogP) is 4.27. The molecule has 128 valence electrons. The minimum absolute atomic E-state index is 0.125. The van der Waals surface area contributed by atoms with Crippen LogP contribution < -0.4 is 10.1 Å². The number of methoxy groups -OCH3 is 1. The second-order valence-corrected chi connectivity index (χ2v) is 6.00. The van der Waals surface area contributed by atoms with Crippen LogP contribution in [-0.2, 0) is 4.79 Å². The number of ether oxygens (including phenoxy) is 1. The number of nitrogens with one attached hydrogen (secondary N) is 1. The molecule has 3 rings (SSSR count). The van der Waals surface area contributed by atoms with Crippen LogP contribution in [0, 0.1) is 5.92 Å². The van der Waals surface area contributed by atoms with E-state index >= 15 is 0 Å². The molecule has 0 saturated heterocycles. The van der Waals surface area contributed by atoms with Gasteiger partial charge in [-0.1, -0.05) is 26.0 Å². The van der Waals surface area contributed by atoms with Gasteiger partial charge in [-0.15, -0.1) is 0 Å². The zero-order valence-electron chi connectivity index (χ0n) is 14.3. The molecule has 0 aliphatic rings. The number of carbonyl (C=O) groups is 2. The number of para-hydroxylation sites is 1. The lowest BCUT2D eigenvalue weighted by Gasteiger charge is -2.08. The van der Waals surface area contributed by atoms with Gasteiger partial charge in [0.2, 0.25) is 11.7 Å². The molecule has 0 bridgehead atoms. The fourth-order valence-corrected chi connectivity index (χ4v) is 2.47. The van der Waals surface area contributed by atoms with E-state index in [1.165, 1.54) is 0 Å². The van der Waals surface area contributed by atoms with Crippen molar-refractivity contribution in [3.05, 3.63) is 59.9 Å². The second kappa shape index (κ2) is 6.81. The van der Waals surface area contributed by atoms with Gasteiger partial charge in [0.1, 0.15) is 11.3 Å². The minimum atomic E-state index is -0.294. The average Bonchev–Trinajstić information content (AvgIpc) is 2.99. The molecule has 0 aliphatic carbocycles. The maximum absolute atomic E-state index is 12.9. The number of benzene rings is 2. The van der Waals surface area contributed by atoms with Crippen molar-refractivity contribution in [2.45, 2.75) is 13.8 Å². The van der Waals surface area contributed by atoms with E-state index in [2.05, 4.69) is 5.32 Å². The van der Waals surface area contributed by atoms with Crippen LogP contribution in [0.3, 0.4) is 0 Å². The topological polar surface area (TPSA) is 68.5 Å². The smallest absolute Gasteiger partial charge is 0.230 e. The van der Waals surface area contributed by atoms with Crippen molar-refractivity contribution >= 4 is 28.3 Å². The maximum atomic E-state index is 12.9. The number of anilines is 1. The minimum Gasteiger partial charge on any atom is -0.497 e. The molecule has 3 aromatic rings. The van der Waals surface area contributed by atoms with E-state index in [0.717, 1.165) is 0 Å². The Morgan fingerprint density at radius 2 is 1.72 bits per heavy atom. The normalized spacial score (nSPS) is 10.9. The standard InChI is InChI=1S/C20H19NO4/c1-12(2)20(23)21-17-15-6-4-5-7-16(15)25-19(17)18(22)13-8-10-14(24-3)11-9-13/h4-12H,1-3H3,(H,21,23). The molecule has 1 N–H and O–H groups in total. The van der Waals surface area contributed by atoms with Gasteiger partial charge < -0.3 is 14.5 Å². The molecule has 0 fully saturated rings. The molecule has 0 aliphatic heterocycles. The molecule has 5 nitrogen and oxygen atoms in total. The first-order valence-electron chi connectivity index (χ1n) is 8.02. The van der Waals surface area contributed by atoms with Crippen LogP contribution in [0.4, 0.5) is 5.69 Å². The quantitative estimate of drug-likeness (QED) is 0.706. The Bertz CT molecular complexity index is 923. The van der Waals surface area contributed by atoms with Crippen LogP contribution >= 0.6 is 0 Å². The van der Waals surface area contributed by atoms with Crippen LogP contribution in [0.15, 0.2) is 52.9 Å². The van der Waals surface area contributed by atoms with E-state index < -0.39 is 0 Å². The van der Waals surface area contributed by atoms with Gasteiger partial charge in [0.15, 0.2) is 5.76 Å². The van der Waals surface area contributed by atoms with Crippen LogP contribution in [0.2, 0.25) is 0 Å². The van der Waals surface area contributed by atoms with E-state index in [1.807, 2.05) is 18.2 Å². The third-order valence-corrected chi connectivity index (χ3v) is 3.93. The van der Waals surface area contributed by atoms with Crippen molar-refractivity contribution in [3.8, 4) is 5.75 Å². The first-order valence-corrected chi connectivity index (χ1v) is 8.02. The molecule has 0 atom stereocenters. The Kier molecular flexibility index (Phi) is 4.57. The van der Waals surface area contributed by atoms with Crippen LogP contribution in [0.1, 0.15) is 30.0 Å². The van der Waals surface area contributed by atoms with Crippen LogP contribution in [0.5, 0.6) is 5.75 Å². The van der Waals surface area contributed by atoms with E-state index in [9.17, 15) is 9.59 Å². The summed E-state index contributed by atoms with van der Waals surface area (Å²) in [7, 11) is 1.57. The second-order valence-electron chi connectivity index (χ2n) is 6.00. The molecule has 25 heavy (non-hydrogen) atoms. The molecule has 2 aromatic carbocycles. The number of fused-ring (bicyclic) bond motifs is 1. The molecule has 0 unspecified atom stereocenters. The third kappa shape index (κ3) is 3.26. The Morgan fingerprint density at radius 3 is 2.36 bits per heavy atom. The summed E-state index contributed by atoms with van der Waals surface area (Å²) in [5.41, 5.74) is 1.42. The van der Waals surface area contributed by atoms with Gasteiger partial charge in [-0.2, -0.15) is 0 Å². The molecule has 1 aromatic heterocycles. The van der Waals surface area contributed by atoms with Gasteiger partial charge in [-0.3, -0.25) is 9.59 Å². The highest BCUT2D eigenvalue weighted by Gasteiger charge is 2.24. The third-order valence-electron chi connectivity index (χ3n) is 3.93. The highest BCUT2D eigenvalue weighted by atomic mass is 16.5. The summed E-state index contributed by atoms with van der Waals surface area (Å²) in [6.07, 6.45) is 0. The summed E-state index contributed by atoms with van der Waals surface area (Å²) in [5.74, 6) is 0.112. The lowest BCUT2D eigenvalue weighted by molar-refractivity contribution is -0.118. The van der Waals surface area contributed by atoms with Crippen molar-refractivity contribution in [2.24, 2.45) is 5.92 Å². The van der Waals surface area contributed by atoms with Gasteiger partial charge in [0.05, 0.1) is 12.8 Å². The molecule has 0 spiro atoms. The molecule has 0 radical (unpaired) electrons. The van der Waals surface area contributed by atoms with Gasteiger partial charge in [-0.05, 0) is 36.4 Å². The lowest BCUT2D eigenvalue weighted by atomic mass is 10.1. The first-order chi connectivity index (χ1) is 12.0. The van der Waals surface area contributed by atoms with Crippen molar-refractivity contribution < 1.29 is 18.7 Å². The summed E-state index contributed by atoms with van der Waals surface area (Å²) in [5, 5.41) is 3.53. The van der Waals surface area contributed by atoms with Crippen molar-refractivity contribution in [3.63, 3.8) is 0 Å². The summed E-state index contributed by atoms with van der Waals surface area (Å²) in [6.45, 7) is 3.59. The maximum Gasteiger partial charge on any atom is 0.230 e. The van der Waals surface area contributed by atoms with Gasteiger partial charge in [0.25, 0.3) is 0 Å². The number of hydrogen-bond donors (Lipinski definition) is 1. The molecule has 1 heterocycles. The van der Waals surface area contributed by atoms with Gasteiger partial charge >= 0.3 is 0 Å². The molecule has 5 heteroatoms. The monoisotopic (exact) mass is 337 g/mol. The summed E-state index contributed by atoms with van der Waals surface area (Å²) < 4.78 is 10.9. The van der Waals surface area contributed by atoms with Crippen molar-refractivity contribution in [1.29, 1.82) is 0 Å². The number of hydrogen-bond acceptors (Lipinski definition) is 4. The zero-order chi connectivity index (χ0) is 18.0. The van der Waals surface area contributed by atoms with Crippen LogP contribution in [-0.4, -0.2) is 18.8 Å². The summed E-state index contributed by atoms with van der Waals surface area (Å²) in [4.78, 5) is 25.1. The highest BCUT2D eigenvalue weighted by molar-refractivity contribution is 6.17.